The topological polar surface area (TPSA) is 41.6 Å². The van der Waals surface area contributed by atoms with Gasteiger partial charge in [-0.2, -0.15) is 0 Å². The summed E-state index contributed by atoms with van der Waals surface area (Å²) in [5.41, 5.74) is 1.13. The zero-order chi connectivity index (χ0) is 16.9. The van der Waals surface area contributed by atoms with Crippen molar-refractivity contribution in [3.05, 3.63) is 33.8 Å². The van der Waals surface area contributed by atoms with Crippen molar-refractivity contribution in [2.24, 2.45) is 5.92 Å². The number of benzene rings is 1. The highest BCUT2D eigenvalue weighted by molar-refractivity contribution is 6.42. The monoisotopic (exact) mass is 370 g/mol. The fourth-order valence-corrected chi connectivity index (χ4v) is 3.79. The van der Waals surface area contributed by atoms with Gasteiger partial charge in [0.2, 0.25) is 5.91 Å². The molecule has 2 aliphatic rings. The maximum Gasteiger partial charge on any atom is 0.224 e. The van der Waals surface area contributed by atoms with Gasteiger partial charge in [-0.3, -0.25) is 9.69 Å². The molecule has 132 valence electrons. The van der Waals surface area contributed by atoms with Crippen molar-refractivity contribution in [3.8, 4) is 0 Å². The molecule has 1 N–H and O–H groups in total. The van der Waals surface area contributed by atoms with E-state index < -0.39 is 0 Å². The highest BCUT2D eigenvalue weighted by atomic mass is 35.5. The molecule has 0 aromatic heterocycles. The van der Waals surface area contributed by atoms with Crippen LogP contribution in [0, 0.1) is 5.92 Å². The molecular formula is C18H24Cl2N2O2. The molecule has 1 amide bonds. The quantitative estimate of drug-likeness (QED) is 0.881. The lowest BCUT2D eigenvalue weighted by Crippen LogP contribution is -2.47. The first-order chi connectivity index (χ1) is 11.6. The van der Waals surface area contributed by atoms with Crippen molar-refractivity contribution in [1.82, 2.24) is 10.2 Å². The van der Waals surface area contributed by atoms with Crippen molar-refractivity contribution >= 4 is 29.1 Å². The Morgan fingerprint density at radius 1 is 1.21 bits per heavy atom. The van der Waals surface area contributed by atoms with Crippen LogP contribution in [-0.4, -0.2) is 43.2 Å². The molecule has 0 spiro atoms. The van der Waals surface area contributed by atoms with Crippen molar-refractivity contribution in [2.45, 2.75) is 38.3 Å². The maximum atomic E-state index is 12.5. The SMILES string of the molecule is O=C(NC1CCOCC1)C1CCCN(Cc2ccc(Cl)c(Cl)c2)C1. The van der Waals surface area contributed by atoms with E-state index in [1.807, 2.05) is 18.2 Å². The van der Waals surface area contributed by atoms with E-state index >= 15 is 0 Å². The first-order valence-corrected chi connectivity index (χ1v) is 9.42. The van der Waals surface area contributed by atoms with E-state index in [1.165, 1.54) is 0 Å². The number of nitrogens with zero attached hydrogens (tertiary/aromatic N) is 1. The molecule has 2 fully saturated rings. The molecule has 0 radical (unpaired) electrons. The fraction of sp³-hybridized carbons (Fsp3) is 0.611. The molecule has 0 bridgehead atoms. The number of amides is 1. The molecule has 2 heterocycles. The average molecular weight is 371 g/mol. The van der Waals surface area contributed by atoms with Gasteiger partial charge in [-0.25, -0.2) is 0 Å². The number of hydrogen-bond acceptors (Lipinski definition) is 3. The van der Waals surface area contributed by atoms with E-state index in [0.717, 1.165) is 64.1 Å². The van der Waals surface area contributed by atoms with Crippen LogP contribution in [0.4, 0.5) is 0 Å². The second kappa shape index (κ2) is 8.52. The number of ether oxygens (including phenoxy) is 1. The van der Waals surface area contributed by atoms with Crippen LogP contribution in [0.2, 0.25) is 10.0 Å². The zero-order valence-corrected chi connectivity index (χ0v) is 15.3. The lowest BCUT2D eigenvalue weighted by Gasteiger charge is -2.33. The molecule has 1 unspecified atom stereocenters. The van der Waals surface area contributed by atoms with Gasteiger partial charge in [0.1, 0.15) is 0 Å². The molecule has 0 saturated carbocycles. The molecule has 2 saturated heterocycles. The Morgan fingerprint density at radius 2 is 2.00 bits per heavy atom. The number of carbonyl (C=O) groups excluding carboxylic acids is 1. The summed E-state index contributed by atoms with van der Waals surface area (Å²) in [6.45, 7) is 4.12. The van der Waals surface area contributed by atoms with Gasteiger partial charge >= 0.3 is 0 Å². The third-order valence-corrected chi connectivity index (χ3v) is 5.57. The summed E-state index contributed by atoms with van der Waals surface area (Å²) in [4.78, 5) is 14.9. The predicted molar refractivity (Wildman–Crippen MR) is 96.4 cm³/mol. The average Bonchev–Trinajstić information content (AvgIpc) is 2.59. The van der Waals surface area contributed by atoms with Gasteiger partial charge < -0.3 is 10.1 Å². The van der Waals surface area contributed by atoms with Crippen LogP contribution in [0.3, 0.4) is 0 Å². The Balaban J connectivity index is 1.53. The lowest BCUT2D eigenvalue weighted by atomic mass is 9.95. The minimum Gasteiger partial charge on any atom is -0.381 e. The van der Waals surface area contributed by atoms with Crippen LogP contribution < -0.4 is 5.32 Å². The summed E-state index contributed by atoms with van der Waals surface area (Å²) in [6.07, 6.45) is 3.86. The Bertz CT molecular complexity index is 576. The van der Waals surface area contributed by atoms with E-state index in [4.69, 9.17) is 27.9 Å². The standard InChI is InChI=1S/C18H24Cl2N2O2/c19-16-4-3-13(10-17(16)20)11-22-7-1-2-14(12-22)18(23)21-15-5-8-24-9-6-15/h3-4,10,14-15H,1-2,5-9,11-12H2,(H,21,23). The molecule has 1 atom stereocenters. The Hall–Kier alpha value is -0.810. The van der Waals surface area contributed by atoms with Gasteiger partial charge in [-0.05, 0) is 49.9 Å². The van der Waals surface area contributed by atoms with Gasteiger partial charge in [0.15, 0.2) is 0 Å². The summed E-state index contributed by atoms with van der Waals surface area (Å²) in [5.74, 6) is 0.269. The second-order valence-corrected chi connectivity index (χ2v) is 7.53. The molecule has 1 aromatic rings. The fourth-order valence-electron chi connectivity index (χ4n) is 3.47. The number of likely N-dealkylation sites (tertiary alicyclic amines) is 1. The molecule has 24 heavy (non-hydrogen) atoms. The van der Waals surface area contributed by atoms with E-state index in [-0.39, 0.29) is 17.9 Å². The van der Waals surface area contributed by atoms with Gasteiger partial charge in [-0.15, -0.1) is 0 Å². The highest BCUT2D eigenvalue weighted by Gasteiger charge is 2.27. The largest absolute Gasteiger partial charge is 0.381 e. The second-order valence-electron chi connectivity index (χ2n) is 6.72. The lowest BCUT2D eigenvalue weighted by molar-refractivity contribution is -0.128. The summed E-state index contributed by atoms with van der Waals surface area (Å²) in [7, 11) is 0. The zero-order valence-electron chi connectivity index (χ0n) is 13.8. The van der Waals surface area contributed by atoms with Crippen LogP contribution >= 0.6 is 23.2 Å². The Morgan fingerprint density at radius 3 is 2.75 bits per heavy atom. The molecule has 3 rings (SSSR count). The van der Waals surface area contributed by atoms with Crippen LogP contribution in [0.15, 0.2) is 18.2 Å². The Labute approximate surface area is 153 Å². The smallest absolute Gasteiger partial charge is 0.224 e. The van der Waals surface area contributed by atoms with Gasteiger partial charge in [0.05, 0.1) is 16.0 Å². The molecule has 2 aliphatic heterocycles. The van der Waals surface area contributed by atoms with Crippen molar-refractivity contribution in [1.29, 1.82) is 0 Å². The van der Waals surface area contributed by atoms with Gasteiger partial charge in [0.25, 0.3) is 0 Å². The molecule has 0 aliphatic carbocycles. The van der Waals surface area contributed by atoms with Crippen LogP contribution in [0.5, 0.6) is 0 Å². The van der Waals surface area contributed by atoms with Crippen molar-refractivity contribution in [3.63, 3.8) is 0 Å². The molecular weight excluding hydrogens is 347 g/mol. The van der Waals surface area contributed by atoms with Crippen LogP contribution in [0.25, 0.3) is 0 Å². The number of halogens is 2. The molecule has 4 nitrogen and oxygen atoms in total. The predicted octanol–water partition coefficient (Wildman–Crippen LogP) is 3.50. The number of nitrogens with one attached hydrogen (secondary N) is 1. The van der Waals surface area contributed by atoms with E-state index in [2.05, 4.69) is 10.2 Å². The summed E-state index contributed by atoms with van der Waals surface area (Å²) in [5, 5.41) is 4.37. The third kappa shape index (κ3) is 4.85. The number of rotatable bonds is 4. The number of carbonyl (C=O) groups is 1. The number of piperidine rings is 1. The first-order valence-electron chi connectivity index (χ1n) is 8.66. The van der Waals surface area contributed by atoms with E-state index in [0.29, 0.717) is 10.0 Å². The summed E-state index contributed by atoms with van der Waals surface area (Å²) in [6, 6.07) is 6.02. The normalized spacial score (nSPS) is 23.2. The van der Waals surface area contributed by atoms with E-state index in [9.17, 15) is 4.79 Å². The van der Waals surface area contributed by atoms with Gasteiger partial charge in [0, 0.05) is 32.3 Å². The minimum absolute atomic E-state index is 0.0735. The number of hydrogen-bond donors (Lipinski definition) is 1. The van der Waals surface area contributed by atoms with Crippen LogP contribution in [0.1, 0.15) is 31.2 Å². The minimum atomic E-state index is 0.0735. The molecule has 1 aromatic carbocycles. The van der Waals surface area contributed by atoms with Gasteiger partial charge in [-0.1, -0.05) is 29.3 Å². The highest BCUT2D eigenvalue weighted by Crippen LogP contribution is 2.25. The van der Waals surface area contributed by atoms with Crippen molar-refractivity contribution in [2.75, 3.05) is 26.3 Å². The Kier molecular flexibility index (Phi) is 6.39. The third-order valence-electron chi connectivity index (χ3n) is 4.83. The van der Waals surface area contributed by atoms with E-state index in [1.54, 1.807) is 0 Å². The van der Waals surface area contributed by atoms with Crippen LogP contribution in [-0.2, 0) is 16.1 Å². The van der Waals surface area contributed by atoms with Crippen molar-refractivity contribution < 1.29 is 9.53 Å². The maximum absolute atomic E-state index is 12.5. The summed E-state index contributed by atoms with van der Waals surface area (Å²) >= 11 is 12.1. The first kappa shape index (κ1) is 18.0. The molecule has 6 heteroatoms. The summed E-state index contributed by atoms with van der Waals surface area (Å²) < 4.78 is 5.35.